The van der Waals surface area contributed by atoms with Crippen LogP contribution < -0.4 is 0 Å². The molecule has 0 N–H and O–H groups in total. The van der Waals surface area contributed by atoms with Crippen molar-refractivity contribution in [1.82, 2.24) is 0 Å². The van der Waals surface area contributed by atoms with Gasteiger partial charge >= 0.3 is 11.9 Å². The highest BCUT2D eigenvalue weighted by Gasteiger charge is 2.16. The van der Waals surface area contributed by atoms with Crippen molar-refractivity contribution in [3.8, 4) is 0 Å². The van der Waals surface area contributed by atoms with Crippen LogP contribution in [0.5, 0.6) is 0 Å². The van der Waals surface area contributed by atoms with Crippen LogP contribution in [0.15, 0.2) is 24.3 Å². The molecule has 0 saturated heterocycles. The molecule has 1 atom stereocenters. The predicted molar refractivity (Wildman–Crippen MR) is 123 cm³/mol. The number of carbonyl (C=O) groups excluding carboxylic acids is 2. The molecule has 0 aliphatic carbocycles. The zero-order valence-corrected chi connectivity index (χ0v) is 19.4. The molecule has 1 unspecified atom stereocenters. The maximum atomic E-state index is 12.3. The van der Waals surface area contributed by atoms with Crippen molar-refractivity contribution < 1.29 is 19.1 Å². The highest BCUT2D eigenvalue weighted by molar-refractivity contribution is 5.95. The molecule has 30 heavy (non-hydrogen) atoms. The summed E-state index contributed by atoms with van der Waals surface area (Å²) in [5.74, 6) is -0.749. The third-order valence-electron chi connectivity index (χ3n) is 5.40. The van der Waals surface area contributed by atoms with Gasteiger partial charge in [-0.3, -0.25) is 0 Å². The summed E-state index contributed by atoms with van der Waals surface area (Å²) in [5, 5.41) is 0. The van der Waals surface area contributed by atoms with Gasteiger partial charge in [-0.15, -0.1) is 0 Å². The Morgan fingerprint density at radius 1 is 0.767 bits per heavy atom. The molecule has 1 aromatic rings. The van der Waals surface area contributed by atoms with Crippen molar-refractivity contribution in [2.24, 2.45) is 0 Å². The van der Waals surface area contributed by atoms with Gasteiger partial charge in [-0.2, -0.15) is 0 Å². The minimum Gasteiger partial charge on any atom is -0.462 e. The molecule has 0 aliphatic heterocycles. The summed E-state index contributed by atoms with van der Waals surface area (Å²) in [7, 11) is 0. The van der Waals surface area contributed by atoms with E-state index in [1.165, 1.54) is 51.4 Å². The molecule has 0 spiro atoms. The van der Waals surface area contributed by atoms with Crippen molar-refractivity contribution in [3.05, 3.63) is 35.4 Å². The van der Waals surface area contributed by atoms with Crippen LogP contribution in [0.3, 0.4) is 0 Å². The number of hydrogen-bond acceptors (Lipinski definition) is 4. The van der Waals surface area contributed by atoms with E-state index in [9.17, 15) is 9.59 Å². The van der Waals surface area contributed by atoms with Gasteiger partial charge in [-0.25, -0.2) is 9.59 Å². The Morgan fingerprint density at radius 2 is 1.33 bits per heavy atom. The van der Waals surface area contributed by atoms with E-state index in [2.05, 4.69) is 13.8 Å². The molecule has 4 nitrogen and oxygen atoms in total. The van der Waals surface area contributed by atoms with Crippen LogP contribution in [0.1, 0.15) is 125 Å². The number of benzene rings is 1. The fourth-order valence-corrected chi connectivity index (χ4v) is 3.50. The average Bonchev–Trinajstić information content (AvgIpc) is 2.77. The molecular weight excluding hydrogens is 376 g/mol. The maximum absolute atomic E-state index is 12.3. The van der Waals surface area contributed by atoms with Gasteiger partial charge in [0.05, 0.1) is 17.7 Å². The molecule has 1 aromatic carbocycles. The second-order valence-electron chi connectivity index (χ2n) is 8.12. The lowest BCUT2D eigenvalue weighted by atomic mass is 10.1. The molecule has 4 heteroatoms. The van der Waals surface area contributed by atoms with E-state index in [4.69, 9.17) is 9.47 Å². The lowest BCUT2D eigenvalue weighted by molar-refractivity contribution is 0.0271. The van der Waals surface area contributed by atoms with Gasteiger partial charge in [0.1, 0.15) is 6.10 Å². The van der Waals surface area contributed by atoms with E-state index in [0.29, 0.717) is 17.7 Å². The monoisotopic (exact) mass is 418 g/mol. The normalized spacial score (nSPS) is 11.8. The molecule has 0 amide bonds. The maximum Gasteiger partial charge on any atom is 0.338 e. The third kappa shape index (κ3) is 11.4. The summed E-state index contributed by atoms with van der Waals surface area (Å²) in [6.45, 7) is 6.75. The molecule has 1 rings (SSSR count). The highest BCUT2D eigenvalue weighted by atomic mass is 16.5. The van der Waals surface area contributed by atoms with E-state index >= 15 is 0 Å². The van der Waals surface area contributed by atoms with Gasteiger partial charge in [-0.1, -0.05) is 91.0 Å². The lowest BCUT2D eigenvalue weighted by Gasteiger charge is -2.15. The number of rotatable bonds is 17. The van der Waals surface area contributed by atoms with E-state index in [1.54, 1.807) is 24.3 Å². The van der Waals surface area contributed by atoms with Gasteiger partial charge in [0, 0.05) is 0 Å². The molecule has 0 bridgehead atoms. The molecule has 170 valence electrons. The molecular formula is C26H42O4. The van der Waals surface area contributed by atoms with Crippen LogP contribution in [-0.2, 0) is 9.47 Å². The molecule has 0 saturated carbocycles. The number of unbranched alkanes of at least 4 members (excludes halogenated alkanes) is 9. The fraction of sp³-hybridized carbons (Fsp3) is 0.692. The fourth-order valence-electron chi connectivity index (χ4n) is 3.50. The Balaban J connectivity index is 2.26. The van der Waals surface area contributed by atoms with Crippen molar-refractivity contribution in [3.63, 3.8) is 0 Å². The average molecular weight is 419 g/mol. The zero-order chi connectivity index (χ0) is 22.0. The number of carbonyl (C=O) groups is 2. The van der Waals surface area contributed by atoms with Gasteiger partial charge in [0.25, 0.3) is 0 Å². The summed E-state index contributed by atoms with van der Waals surface area (Å²) in [6, 6.07) is 6.64. The minimum absolute atomic E-state index is 0.0746. The Hall–Kier alpha value is -1.84. The Kier molecular flexibility index (Phi) is 14.8. The van der Waals surface area contributed by atoms with E-state index in [0.717, 1.165) is 32.1 Å². The quantitative estimate of drug-likeness (QED) is 0.194. The molecule has 0 fully saturated rings. The Bertz CT molecular complexity index is 596. The highest BCUT2D eigenvalue weighted by Crippen LogP contribution is 2.14. The van der Waals surface area contributed by atoms with E-state index in [1.807, 2.05) is 6.92 Å². The van der Waals surface area contributed by atoms with Crippen molar-refractivity contribution in [2.45, 2.75) is 110 Å². The van der Waals surface area contributed by atoms with Crippen LogP contribution in [-0.4, -0.2) is 24.6 Å². The third-order valence-corrected chi connectivity index (χ3v) is 5.40. The van der Waals surface area contributed by atoms with Crippen molar-refractivity contribution in [2.75, 3.05) is 6.61 Å². The smallest absolute Gasteiger partial charge is 0.338 e. The summed E-state index contributed by atoms with van der Waals surface area (Å²) in [5.41, 5.74) is 0.804. The number of esters is 2. The SMILES string of the molecule is CCCCCCCCCCCCOC(=O)c1cccc(C(=O)OC(CC)CCC)c1. The summed E-state index contributed by atoms with van der Waals surface area (Å²) >= 11 is 0. The Labute approximate surface area is 183 Å². The first-order chi connectivity index (χ1) is 14.6. The standard InChI is InChI=1S/C26H42O4/c1-4-7-8-9-10-11-12-13-14-15-20-29-25(27)22-18-16-19-23(21-22)26(28)30-24(6-3)17-5-2/h16,18-19,21,24H,4-15,17,20H2,1-3H3. The van der Waals surface area contributed by atoms with Crippen LogP contribution >= 0.6 is 0 Å². The van der Waals surface area contributed by atoms with E-state index < -0.39 is 0 Å². The molecule has 0 radical (unpaired) electrons. The van der Waals surface area contributed by atoms with Crippen molar-refractivity contribution in [1.29, 1.82) is 0 Å². The summed E-state index contributed by atoms with van der Waals surface area (Å²) in [4.78, 5) is 24.6. The second kappa shape index (κ2) is 16.9. The molecule has 0 aromatic heterocycles. The Morgan fingerprint density at radius 3 is 1.90 bits per heavy atom. The van der Waals surface area contributed by atoms with Crippen LogP contribution in [0.25, 0.3) is 0 Å². The zero-order valence-electron chi connectivity index (χ0n) is 19.4. The van der Waals surface area contributed by atoms with Crippen molar-refractivity contribution >= 4 is 11.9 Å². The molecule has 0 heterocycles. The first-order valence-corrected chi connectivity index (χ1v) is 12.1. The largest absolute Gasteiger partial charge is 0.462 e. The minimum atomic E-state index is -0.375. The van der Waals surface area contributed by atoms with Crippen LogP contribution in [0.2, 0.25) is 0 Å². The second-order valence-corrected chi connectivity index (χ2v) is 8.12. The first-order valence-electron chi connectivity index (χ1n) is 12.1. The van der Waals surface area contributed by atoms with Gasteiger partial charge in [0.2, 0.25) is 0 Å². The van der Waals surface area contributed by atoms with Crippen LogP contribution in [0, 0.1) is 0 Å². The van der Waals surface area contributed by atoms with E-state index in [-0.39, 0.29) is 18.0 Å². The summed E-state index contributed by atoms with van der Waals surface area (Å²) in [6.07, 6.45) is 15.0. The van der Waals surface area contributed by atoms with Gasteiger partial charge in [-0.05, 0) is 37.5 Å². The lowest BCUT2D eigenvalue weighted by Crippen LogP contribution is -2.18. The molecule has 0 aliphatic rings. The number of ether oxygens (including phenoxy) is 2. The topological polar surface area (TPSA) is 52.6 Å². The summed E-state index contributed by atoms with van der Waals surface area (Å²) < 4.78 is 10.9. The van der Waals surface area contributed by atoms with Crippen LogP contribution in [0.4, 0.5) is 0 Å². The van der Waals surface area contributed by atoms with Gasteiger partial charge in [0.15, 0.2) is 0 Å². The predicted octanol–water partition coefficient (Wildman–Crippen LogP) is 7.50. The van der Waals surface area contributed by atoms with Gasteiger partial charge < -0.3 is 9.47 Å². The first kappa shape index (κ1) is 26.2. The number of hydrogen-bond donors (Lipinski definition) is 0.